The van der Waals surface area contributed by atoms with Crippen LogP contribution in [0.2, 0.25) is 0 Å². The summed E-state index contributed by atoms with van der Waals surface area (Å²) in [6, 6.07) is 11.3. The van der Waals surface area contributed by atoms with Crippen LogP contribution in [-0.4, -0.2) is 44.2 Å². The Bertz CT molecular complexity index is 600. The average molecular weight is 287 g/mol. The lowest BCUT2D eigenvalue weighted by Crippen LogP contribution is -2.19. The summed E-state index contributed by atoms with van der Waals surface area (Å²) >= 11 is 0. The number of nitrogens with zero attached hydrogens (tertiary/aromatic N) is 2. The molecule has 0 amide bonds. The summed E-state index contributed by atoms with van der Waals surface area (Å²) < 4.78 is 11.1. The summed E-state index contributed by atoms with van der Waals surface area (Å²) in [4.78, 5) is 6.39. The Morgan fingerprint density at radius 2 is 2.00 bits per heavy atom. The molecule has 1 aromatic heterocycles. The van der Waals surface area contributed by atoms with Gasteiger partial charge in [0.05, 0.1) is 12.8 Å². The summed E-state index contributed by atoms with van der Waals surface area (Å²) in [5, 5.41) is 0. The fourth-order valence-electron chi connectivity index (χ4n) is 1.92. The molecule has 0 aliphatic rings. The molecule has 1 heterocycles. The van der Waals surface area contributed by atoms with Gasteiger partial charge in [-0.3, -0.25) is 0 Å². The van der Waals surface area contributed by atoms with E-state index in [1.807, 2.05) is 44.4 Å². The number of nitrogens with two attached hydrogens (primary N) is 1. The number of benzene rings is 1. The van der Waals surface area contributed by atoms with Crippen LogP contribution in [0.4, 0.5) is 5.82 Å². The van der Waals surface area contributed by atoms with E-state index in [9.17, 15) is 0 Å². The molecular formula is C16H21N3O2. The molecule has 0 atom stereocenters. The van der Waals surface area contributed by atoms with Crippen LogP contribution in [0.15, 0.2) is 36.4 Å². The maximum atomic E-state index is 5.73. The summed E-state index contributed by atoms with van der Waals surface area (Å²) in [5.74, 6) is 1.98. The number of aromatic nitrogens is 1. The highest BCUT2D eigenvalue weighted by Crippen LogP contribution is 2.32. The standard InChI is InChI=1S/C16H21N3O2/c1-19(2)9-10-21-12-7-8-13(15(11-12)20-3)14-5-4-6-16(17)18-14/h4-8,11H,9-10H2,1-3H3,(H2,17,18). The van der Waals surface area contributed by atoms with E-state index in [1.54, 1.807) is 13.2 Å². The minimum atomic E-state index is 0.487. The van der Waals surface area contributed by atoms with Gasteiger partial charge in [-0.2, -0.15) is 0 Å². The van der Waals surface area contributed by atoms with E-state index in [-0.39, 0.29) is 0 Å². The molecule has 0 radical (unpaired) electrons. The third kappa shape index (κ3) is 4.10. The van der Waals surface area contributed by atoms with Crippen molar-refractivity contribution in [1.29, 1.82) is 0 Å². The third-order valence-corrected chi connectivity index (χ3v) is 3.03. The molecule has 21 heavy (non-hydrogen) atoms. The Kier molecular flexibility index (Phi) is 5.00. The summed E-state index contributed by atoms with van der Waals surface area (Å²) in [5.41, 5.74) is 7.41. The molecular weight excluding hydrogens is 266 g/mol. The van der Waals surface area contributed by atoms with Gasteiger partial charge in [0.25, 0.3) is 0 Å². The van der Waals surface area contributed by atoms with Crippen molar-refractivity contribution < 1.29 is 9.47 Å². The van der Waals surface area contributed by atoms with Crippen LogP contribution in [-0.2, 0) is 0 Å². The minimum Gasteiger partial charge on any atom is -0.496 e. The molecule has 2 aromatic rings. The van der Waals surface area contributed by atoms with Crippen molar-refractivity contribution in [2.75, 3.05) is 40.1 Å². The predicted molar refractivity (Wildman–Crippen MR) is 84.7 cm³/mol. The van der Waals surface area contributed by atoms with E-state index in [4.69, 9.17) is 15.2 Å². The molecule has 0 saturated heterocycles. The summed E-state index contributed by atoms with van der Waals surface area (Å²) in [6.45, 7) is 1.49. The van der Waals surface area contributed by atoms with Crippen molar-refractivity contribution in [3.63, 3.8) is 0 Å². The number of ether oxygens (including phenoxy) is 2. The van der Waals surface area contributed by atoms with Gasteiger partial charge in [-0.25, -0.2) is 4.98 Å². The maximum absolute atomic E-state index is 5.73. The zero-order valence-electron chi connectivity index (χ0n) is 12.7. The number of hydrogen-bond acceptors (Lipinski definition) is 5. The molecule has 0 bridgehead atoms. The Hall–Kier alpha value is -2.27. The highest BCUT2D eigenvalue weighted by molar-refractivity contribution is 5.69. The fraction of sp³-hybridized carbons (Fsp3) is 0.312. The lowest BCUT2D eigenvalue weighted by Gasteiger charge is -2.13. The molecule has 0 unspecified atom stereocenters. The van der Waals surface area contributed by atoms with Crippen LogP contribution in [0.3, 0.4) is 0 Å². The van der Waals surface area contributed by atoms with Crippen LogP contribution >= 0.6 is 0 Å². The van der Waals surface area contributed by atoms with Gasteiger partial charge < -0.3 is 20.1 Å². The van der Waals surface area contributed by atoms with Crippen LogP contribution in [0.1, 0.15) is 0 Å². The molecule has 0 spiro atoms. The van der Waals surface area contributed by atoms with Gasteiger partial charge in [0.2, 0.25) is 0 Å². The second kappa shape index (κ2) is 6.95. The molecule has 112 valence electrons. The number of methoxy groups -OCH3 is 1. The molecule has 2 rings (SSSR count). The lowest BCUT2D eigenvalue weighted by atomic mass is 10.1. The van der Waals surface area contributed by atoms with Crippen LogP contribution < -0.4 is 15.2 Å². The monoisotopic (exact) mass is 287 g/mol. The van der Waals surface area contributed by atoms with Crippen molar-refractivity contribution in [3.05, 3.63) is 36.4 Å². The van der Waals surface area contributed by atoms with Crippen molar-refractivity contribution in [2.24, 2.45) is 0 Å². The van der Waals surface area contributed by atoms with E-state index >= 15 is 0 Å². The second-order valence-corrected chi connectivity index (χ2v) is 4.96. The fourth-order valence-corrected chi connectivity index (χ4v) is 1.92. The largest absolute Gasteiger partial charge is 0.496 e. The second-order valence-electron chi connectivity index (χ2n) is 4.96. The first-order valence-corrected chi connectivity index (χ1v) is 6.78. The molecule has 0 saturated carbocycles. The summed E-state index contributed by atoms with van der Waals surface area (Å²) in [7, 11) is 5.66. The van der Waals surface area contributed by atoms with E-state index in [2.05, 4.69) is 9.88 Å². The Morgan fingerprint density at radius 1 is 1.19 bits per heavy atom. The average Bonchev–Trinajstić information content (AvgIpc) is 2.46. The highest BCUT2D eigenvalue weighted by atomic mass is 16.5. The van der Waals surface area contributed by atoms with Crippen LogP contribution in [0.25, 0.3) is 11.3 Å². The van der Waals surface area contributed by atoms with Gasteiger partial charge in [0.15, 0.2) is 0 Å². The minimum absolute atomic E-state index is 0.487. The smallest absolute Gasteiger partial charge is 0.131 e. The van der Waals surface area contributed by atoms with Crippen molar-refractivity contribution >= 4 is 5.82 Å². The first kappa shape index (κ1) is 15.1. The Morgan fingerprint density at radius 3 is 2.67 bits per heavy atom. The first-order valence-electron chi connectivity index (χ1n) is 6.78. The van der Waals surface area contributed by atoms with Crippen LogP contribution in [0, 0.1) is 0 Å². The summed E-state index contributed by atoms with van der Waals surface area (Å²) in [6.07, 6.45) is 0. The molecule has 5 nitrogen and oxygen atoms in total. The van der Waals surface area contributed by atoms with Gasteiger partial charge >= 0.3 is 0 Å². The van der Waals surface area contributed by atoms with Crippen molar-refractivity contribution in [3.8, 4) is 22.8 Å². The van der Waals surface area contributed by atoms with Gasteiger partial charge in [0.1, 0.15) is 23.9 Å². The molecule has 5 heteroatoms. The number of rotatable bonds is 6. The van der Waals surface area contributed by atoms with E-state index in [0.29, 0.717) is 12.4 Å². The normalized spacial score (nSPS) is 10.7. The highest BCUT2D eigenvalue weighted by Gasteiger charge is 2.09. The molecule has 2 N–H and O–H groups in total. The molecule has 0 aliphatic heterocycles. The lowest BCUT2D eigenvalue weighted by molar-refractivity contribution is 0.260. The molecule has 0 fully saturated rings. The van der Waals surface area contributed by atoms with Gasteiger partial charge in [-0.1, -0.05) is 6.07 Å². The first-order chi connectivity index (χ1) is 10.1. The number of anilines is 1. The molecule has 1 aromatic carbocycles. The van der Waals surface area contributed by atoms with Gasteiger partial charge in [-0.15, -0.1) is 0 Å². The third-order valence-electron chi connectivity index (χ3n) is 3.03. The Balaban J connectivity index is 2.20. The maximum Gasteiger partial charge on any atom is 0.131 e. The van der Waals surface area contributed by atoms with E-state index in [0.717, 1.165) is 29.3 Å². The van der Waals surface area contributed by atoms with Crippen molar-refractivity contribution in [1.82, 2.24) is 9.88 Å². The zero-order chi connectivity index (χ0) is 15.2. The van der Waals surface area contributed by atoms with Gasteiger partial charge in [-0.05, 0) is 38.4 Å². The number of likely N-dealkylation sites (N-methyl/N-ethyl adjacent to an activating group) is 1. The molecule has 0 aliphatic carbocycles. The van der Waals surface area contributed by atoms with Crippen LogP contribution in [0.5, 0.6) is 11.5 Å². The Labute approximate surface area is 125 Å². The van der Waals surface area contributed by atoms with Gasteiger partial charge in [0, 0.05) is 18.2 Å². The number of nitrogen functional groups attached to an aromatic ring is 1. The van der Waals surface area contributed by atoms with E-state index < -0.39 is 0 Å². The number of pyridine rings is 1. The van der Waals surface area contributed by atoms with Crippen molar-refractivity contribution in [2.45, 2.75) is 0 Å². The zero-order valence-corrected chi connectivity index (χ0v) is 12.7. The predicted octanol–water partition coefficient (Wildman–Crippen LogP) is 2.28. The topological polar surface area (TPSA) is 60.6 Å². The van der Waals surface area contributed by atoms with E-state index in [1.165, 1.54) is 0 Å². The SMILES string of the molecule is COc1cc(OCCN(C)C)ccc1-c1cccc(N)n1. The quantitative estimate of drug-likeness (QED) is 0.883. The number of hydrogen-bond donors (Lipinski definition) is 1.